The number of nitrogens with one attached hydrogen (secondary N) is 2. The highest BCUT2D eigenvalue weighted by atomic mass is 16.5. The standard InChI is InChI=1S/C28H32N4O4/c1-17(2)25(31-28(35)36-3)27(34)32-14-4-5-24(32)26(33)30-23-12-9-18(10-13-23)19-6-7-21-16-22(29)11-8-20(21)15-19/h6-13,15-17,24-25H,4-5,14,29H2,1-3H3,(H,30,33)(H,31,35). The zero-order valence-electron chi connectivity index (χ0n) is 20.8. The molecular formula is C28H32N4O4. The molecule has 4 N–H and O–H groups in total. The zero-order valence-corrected chi connectivity index (χ0v) is 20.8. The number of carbonyl (C=O) groups excluding carboxylic acids is 3. The fourth-order valence-electron chi connectivity index (χ4n) is 4.60. The number of rotatable bonds is 6. The molecule has 3 amide bonds. The summed E-state index contributed by atoms with van der Waals surface area (Å²) in [6.45, 7) is 4.15. The van der Waals surface area contributed by atoms with Crippen LogP contribution in [0.4, 0.5) is 16.2 Å². The van der Waals surface area contributed by atoms with Crippen LogP contribution in [0.15, 0.2) is 60.7 Å². The summed E-state index contributed by atoms with van der Waals surface area (Å²) in [4.78, 5) is 39.6. The van der Waals surface area contributed by atoms with Crippen LogP contribution < -0.4 is 16.4 Å². The van der Waals surface area contributed by atoms with Crippen LogP contribution in [0.2, 0.25) is 0 Å². The molecule has 1 aliphatic rings. The van der Waals surface area contributed by atoms with Crippen LogP contribution >= 0.6 is 0 Å². The fourth-order valence-corrected chi connectivity index (χ4v) is 4.60. The molecule has 0 bridgehead atoms. The molecule has 8 heteroatoms. The van der Waals surface area contributed by atoms with Crippen LogP contribution in [0.3, 0.4) is 0 Å². The number of fused-ring (bicyclic) bond motifs is 1. The maximum atomic E-state index is 13.2. The van der Waals surface area contributed by atoms with Crippen LogP contribution in [0.1, 0.15) is 26.7 Å². The molecule has 1 fully saturated rings. The van der Waals surface area contributed by atoms with Gasteiger partial charge in [0.1, 0.15) is 12.1 Å². The van der Waals surface area contributed by atoms with Gasteiger partial charge < -0.3 is 26.0 Å². The van der Waals surface area contributed by atoms with Crippen molar-refractivity contribution in [2.75, 3.05) is 24.7 Å². The number of anilines is 2. The summed E-state index contributed by atoms with van der Waals surface area (Å²) < 4.78 is 4.66. The Morgan fingerprint density at radius 2 is 1.64 bits per heavy atom. The van der Waals surface area contributed by atoms with E-state index >= 15 is 0 Å². The minimum atomic E-state index is -0.761. The first-order chi connectivity index (χ1) is 17.3. The summed E-state index contributed by atoms with van der Waals surface area (Å²) in [5, 5.41) is 7.73. The van der Waals surface area contributed by atoms with E-state index in [9.17, 15) is 14.4 Å². The van der Waals surface area contributed by atoms with E-state index in [1.807, 2.05) is 68.4 Å². The number of benzene rings is 3. The highest BCUT2D eigenvalue weighted by Gasteiger charge is 2.38. The Balaban J connectivity index is 1.44. The monoisotopic (exact) mass is 488 g/mol. The van der Waals surface area contributed by atoms with Crippen LogP contribution in [0.5, 0.6) is 0 Å². The molecular weight excluding hydrogens is 456 g/mol. The quantitative estimate of drug-likeness (QED) is 0.445. The maximum absolute atomic E-state index is 13.2. The lowest BCUT2D eigenvalue weighted by molar-refractivity contribution is -0.139. The van der Waals surface area contributed by atoms with Gasteiger partial charge >= 0.3 is 6.09 Å². The second-order valence-electron chi connectivity index (χ2n) is 9.44. The van der Waals surface area contributed by atoms with E-state index in [1.54, 1.807) is 4.90 Å². The summed E-state index contributed by atoms with van der Waals surface area (Å²) in [5.41, 5.74) is 9.36. The average Bonchev–Trinajstić information content (AvgIpc) is 3.37. The normalized spacial score (nSPS) is 16.1. The minimum absolute atomic E-state index is 0.152. The maximum Gasteiger partial charge on any atom is 0.407 e. The van der Waals surface area contributed by atoms with E-state index in [1.165, 1.54) is 7.11 Å². The number of amides is 3. The molecule has 1 saturated heterocycles. The topological polar surface area (TPSA) is 114 Å². The molecule has 0 radical (unpaired) electrons. The van der Waals surface area contributed by atoms with Gasteiger partial charge in [0.25, 0.3) is 0 Å². The molecule has 188 valence electrons. The first-order valence-electron chi connectivity index (χ1n) is 12.1. The van der Waals surface area contributed by atoms with Crippen molar-refractivity contribution in [1.82, 2.24) is 10.2 Å². The number of nitrogen functional groups attached to an aromatic ring is 1. The first kappa shape index (κ1) is 25.0. The number of carbonyl (C=O) groups is 3. The molecule has 4 rings (SSSR count). The Morgan fingerprint density at radius 1 is 0.972 bits per heavy atom. The number of likely N-dealkylation sites (tertiary alicyclic amines) is 1. The predicted octanol–water partition coefficient (Wildman–Crippen LogP) is 4.40. The van der Waals surface area contributed by atoms with Crippen molar-refractivity contribution in [3.8, 4) is 11.1 Å². The predicted molar refractivity (Wildman–Crippen MR) is 141 cm³/mol. The van der Waals surface area contributed by atoms with Crippen molar-refractivity contribution in [1.29, 1.82) is 0 Å². The van der Waals surface area contributed by atoms with Crippen molar-refractivity contribution in [3.63, 3.8) is 0 Å². The van der Waals surface area contributed by atoms with Gasteiger partial charge in [-0.2, -0.15) is 0 Å². The van der Waals surface area contributed by atoms with Gasteiger partial charge in [-0.15, -0.1) is 0 Å². The molecule has 0 aliphatic carbocycles. The van der Waals surface area contributed by atoms with Gasteiger partial charge in [0.05, 0.1) is 7.11 Å². The molecule has 1 aliphatic heterocycles. The van der Waals surface area contributed by atoms with E-state index < -0.39 is 18.2 Å². The molecule has 2 unspecified atom stereocenters. The molecule has 36 heavy (non-hydrogen) atoms. The molecule has 2 atom stereocenters. The largest absolute Gasteiger partial charge is 0.453 e. The lowest BCUT2D eigenvalue weighted by Crippen LogP contribution is -2.54. The minimum Gasteiger partial charge on any atom is -0.453 e. The highest BCUT2D eigenvalue weighted by molar-refractivity contribution is 5.99. The summed E-state index contributed by atoms with van der Waals surface area (Å²) in [6.07, 6.45) is 0.623. The van der Waals surface area contributed by atoms with Crippen LogP contribution in [0.25, 0.3) is 21.9 Å². The molecule has 3 aromatic carbocycles. The third-order valence-electron chi connectivity index (χ3n) is 6.58. The zero-order chi connectivity index (χ0) is 25.8. The van der Waals surface area contributed by atoms with E-state index in [2.05, 4.69) is 21.4 Å². The Morgan fingerprint density at radius 3 is 2.33 bits per heavy atom. The summed E-state index contributed by atoms with van der Waals surface area (Å²) >= 11 is 0. The Hall–Kier alpha value is -4.07. The molecule has 3 aromatic rings. The van der Waals surface area contributed by atoms with Gasteiger partial charge in [-0.25, -0.2) is 4.79 Å². The summed E-state index contributed by atoms with van der Waals surface area (Å²) in [5.74, 6) is -0.667. The Labute approximate surface area is 210 Å². The number of hydrogen-bond donors (Lipinski definition) is 3. The first-order valence-corrected chi connectivity index (χ1v) is 12.1. The van der Waals surface area contributed by atoms with Gasteiger partial charge in [0.2, 0.25) is 11.8 Å². The average molecular weight is 489 g/mol. The Kier molecular flexibility index (Phi) is 7.43. The Bertz CT molecular complexity index is 1270. The van der Waals surface area contributed by atoms with Gasteiger partial charge in [-0.3, -0.25) is 9.59 Å². The van der Waals surface area contributed by atoms with E-state index in [-0.39, 0.29) is 17.7 Å². The number of methoxy groups -OCH3 is 1. The molecule has 0 aromatic heterocycles. The fraction of sp³-hybridized carbons (Fsp3) is 0.321. The number of hydrogen-bond acceptors (Lipinski definition) is 5. The second kappa shape index (κ2) is 10.7. The second-order valence-corrected chi connectivity index (χ2v) is 9.44. The van der Waals surface area contributed by atoms with E-state index in [0.717, 1.165) is 34.0 Å². The van der Waals surface area contributed by atoms with Gasteiger partial charge in [-0.05, 0) is 71.0 Å². The van der Waals surface area contributed by atoms with Gasteiger partial charge in [-0.1, -0.05) is 44.2 Å². The van der Waals surface area contributed by atoms with Crippen LogP contribution in [0, 0.1) is 5.92 Å². The van der Waals surface area contributed by atoms with Crippen molar-refractivity contribution < 1.29 is 19.1 Å². The van der Waals surface area contributed by atoms with Crippen molar-refractivity contribution in [2.45, 2.75) is 38.8 Å². The number of nitrogens with two attached hydrogens (primary N) is 1. The lowest BCUT2D eigenvalue weighted by Gasteiger charge is -2.30. The smallest absolute Gasteiger partial charge is 0.407 e. The lowest BCUT2D eigenvalue weighted by atomic mass is 10.0. The van der Waals surface area contributed by atoms with E-state index in [4.69, 9.17) is 5.73 Å². The summed E-state index contributed by atoms with van der Waals surface area (Å²) in [7, 11) is 1.25. The van der Waals surface area contributed by atoms with Gasteiger partial charge in [0, 0.05) is 17.9 Å². The molecule has 8 nitrogen and oxygen atoms in total. The highest BCUT2D eigenvalue weighted by Crippen LogP contribution is 2.27. The molecule has 1 heterocycles. The third-order valence-corrected chi connectivity index (χ3v) is 6.58. The van der Waals surface area contributed by atoms with Crippen molar-refractivity contribution in [2.24, 2.45) is 5.92 Å². The van der Waals surface area contributed by atoms with Crippen LogP contribution in [-0.4, -0.2) is 48.5 Å². The number of alkyl carbamates (subject to hydrolysis) is 1. The van der Waals surface area contributed by atoms with Crippen molar-refractivity contribution >= 4 is 40.1 Å². The molecule has 0 saturated carbocycles. The van der Waals surface area contributed by atoms with Gasteiger partial charge in [0.15, 0.2) is 0 Å². The third kappa shape index (κ3) is 5.43. The molecule has 0 spiro atoms. The summed E-state index contributed by atoms with van der Waals surface area (Å²) in [6, 6.07) is 18.3. The number of ether oxygens (including phenoxy) is 1. The van der Waals surface area contributed by atoms with Crippen LogP contribution in [-0.2, 0) is 14.3 Å². The van der Waals surface area contributed by atoms with E-state index in [0.29, 0.717) is 18.7 Å². The van der Waals surface area contributed by atoms with Crippen molar-refractivity contribution in [3.05, 3.63) is 60.7 Å². The number of nitrogens with zero attached hydrogens (tertiary/aromatic N) is 1. The SMILES string of the molecule is COC(=O)NC(C(=O)N1CCCC1C(=O)Nc1ccc(-c2ccc3cc(N)ccc3c2)cc1)C(C)C.